The maximum absolute atomic E-state index is 12.1. The van der Waals surface area contributed by atoms with Crippen LogP contribution >= 0.6 is 0 Å². The normalized spacial score (nSPS) is 23.4. The Bertz CT molecular complexity index is 821. The van der Waals surface area contributed by atoms with Crippen molar-refractivity contribution in [2.24, 2.45) is 11.8 Å². The predicted molar refractivity (Wildman–Crippen MR) is 112 cm³/mol. The first-order valence-corrected chi connectivity index (χ1v) is 11.1. The van der Waals surface area contributed by atoms with Crippen molar-refractivity contribution >= 4 is 16.9 Å². The molecular formula is C24H33NO3. The molecule has 0 spiro atoms. The zero-order valence-corrected chi connectivity index (χ0v) is 17.3. The van der Waals surface area contributed by atoms with E-state index in [0.29, 0.717) is 18.1 Å². The molecule has 2 atom stereocenters. The highest BCUT2D eigenvalue weighted by molar-refractivity contribution is 5.95. The summed E-state index contributed by atoms with van der Waals surface area (Å²) in [6.07, 6.45) is 7.43. The van der Waals surface area contributed by atoms with Gasteiger partial charge in [0.2, 0.25) is 0 Å². The van der Waals surface area contributed by atoms with Gasteiger partial charge in [0.05, 0.1) is 12.2 Å². The van der Waals surface area contributed by atoms with E-state index in [-0.39, 0.29) is 5.97 Å². The second-order valence-corrected chi connectivity index (χ2v) is 8.56. The van der Waals surface area contributed by atoms with E-state index in [0.717, 1.165) is 31.6 Å². The Kier molecular flexibility index (Phi) is 6.05. The number of carbonyl (C=O) groups is 1. The van der Waals surface area contributed by atoms with E-state index in [2.05, 4.69) is 23.6 Å². The van der Waals surface area contributed by atoms with Gasteiger partial charge < -0.3 is 14.0 Å². The van der Waals surface area contributed by atoms with Gasteiger partial charge in [-0.25, -0.2) is 4.79 Å². The molecule has 0 amide bonds. The van der Waals surface area contributed by atoms with Crippen LogP contribution in [0.4, 0.5) is 0 Å². The van der Waals surface area contributed by atoms with Gasteiger partial charge >= 0.3 is 5.97 Å². The van der Waals surface area contributed by atoms with Crippen molar-refractivity contribution in [1.29, 1.82) is 0 Å². The first-order valence-electron chi connectivity index (χ1n) is 11.1. The lowest BCUT2D eigenvalue weighted by Crippen LogP contribution is -2.20. The van der Waals surface area contributed by atoms with Crippen LogP contribution in [0.3, 0.4) is 0 Å². The third-order valence-corrected chi connectivity index (χ3v) is 6.55. The summed E-state index contributed by atoms with van der Waals surface area (Å²) in [6.45, 7) is 7.55. The van der Waals surface area contributed by atoms with E-state index < -0.39 is 0 Å². The maximum Gasteiger partial charge on any atom is 0.338 e. The van der Waals surface area contributed by atoms with Crippen LogP contribution in [0.25, 0.3) is 10.9 Å². The summed E-state index contributed by atoms with van der Waals surface area (Å²) >= 11 is 0. The number of benzene rings is 1. The quantitative estimate of drug-likeness (QED) is 0.615. The molecule has 0 N–H and O–H groups in total. The number of esters is 1. The number of carbonyl (C=O) groups excluding carboxylic acids is 1. The first kappa shape index (κ1) is 19.5. The predicted octanol–water partition coefficient (Wildman–Crippen LogP) is 5.54. The van der Waals surface area contributed by atoms with E-state index in [9.17, 15) is 4.79 Å². The van der Waals surface area contributed by atoms with Crippen LogP contribution in [-0.4, -0.2) is 30.4 Å². The van der Waals surface area contributed by atoms with E-state index in [1.54, 1.807) is 0 Å². The summed E-state index contributed by atoms with van der Waals surface area (Å²) < 4.78 is 13.4. The molecule has 4 nitrogen and oxygen atoms in total. The molecule has 2 aromatic rings. The molecule has 2 heterocycles. The molecular weight excluding hydrogens is 350 g/mol. The lowest BCUT2D eigenvalue weighted by Gasteiger charge is -2.27. The average molecular weight is 384 g/mol. The monoisotopic (exact) mass is 383 g/mol. The SMILES string of the molecule is CCOC(=O)c1ccc2c(c1)cc(C1CC1)n2CCC1CCCOCCC1C. The second kappa shape index (κ2) is 8.69. The molecule has 2 fully saturated rings. The van der Waals surface area contributed by atoms with Gasteiger partial charge in [0.25, 0.3) is 0 Å². The number of aryl methyl sites for hydroxylation is 1. The van der Waals surface area contributed by atoms with Gasteiger partial charge in [0.1, 0.15) is 0 Å². The summed E-state index contributed by atoms with van der Waals surface area (Å²) in [5.41, 5.74) is 3.37. The van der Waals surface area contributed by atoms with Crippen molar-refractivity contribution in [3.63, 3.8) is 0 Å². The molecule has 1 saturated heterocycles. The van der Waals surface area contributed by atoms with Crippen LogP contribution in [0.2, 0.25) is 0 Å². The summed E-state index contributed by atoms with van der Waals surface area (Å²) in [5.74, 6) is 1.96. The highest BCUT2D eigenvalue weighted by Crippen LogP contribution is 2.43. The third-order valence-electron chi connectivity index (χ3n) is 6.55. The molecule has 4 heteroatoms. The first-order chi connectivity index (χ1) is 13.7. The van der Waals surface area contributed by atoms with Gasteiger partial charge in [-0.2, -0.15) is 0 Å². The van der Waals surface area contributed by atoms with Gasteiger partial charge in [-0.3, -0.25) is 0 Å². The molecule has 152 valence electrons. The van der Waals surface area contributed by atoms with Gasteiger partial charge in [-0.15, -0.1) is 0 Å². The minimum atomic E-state index is -0.226. The lowest BCUT2D eigenvalue weighted by molar-refractivity contribution is 0.0526. The Morgan fingerprint density at radius 2 is 2.04 bits per heavy atom. The zero-order valence-electron chi connectivity index (χ0n) is 17.3. The molecule has 1 aliphatic heterocycles. The number of fused-ring (bicyclic) bond motifs is 1. The van der Waals surface area contributed by atoms with Crippen molar-refractivity contribution < 1.29 is 14.3 Å². The van der Waals surface area contributed by atoms with Crippen LogP contribution in [0.15, 0.2) is 24.3 Å². The number of ether oxygens (including phenoxy) is 2. The fourth-order valence-corrected chi connectivity index (χ4v) is 4.66. The number of hydrogen-bond donors (Lipinski definition) is 0. The van der Waals surface area contributed by atoms with Crippen LogP contribution in [0.5, 0.6) is 0 Å². The van der Waals surface area contributed by atoms with Gasteiger partial charge in [0, 0.05) is 36.4 Å². The standard InChI is InChI=1S/C24H33NO3/c1-3-28-24(26)20-8-9-22-21(15-20)16-23(19-6-7-19)25(22)12-10-18-5-4-13-27-14-11-17(18)2/h8-9,15-19H,3-7,10-14H2,1-2H3. The van der Waals surface area contributed by atoms with E-state index >= 15 is 0 Å². The number of rotatable bonds is 6. The van der Waals surface area contributed by atoms with Crippen LogP contribution in [-0.2, 0) is 16.0 Å². The Morgan fingerprint density at radius 3 is 2.82 bits per heavy atom. The van der Waals surface area contributed by atoms with Crippen molar-refractivity contribution in [1.82, 2.24) is 4.57 Å². The minimum Gasteiger partial charge on any atom is -0.462 e. The average Bonchev–Trinajstić information content (AvgIpc) is 3.46. The van der Waals surface area contributed by atoms with Gasteiger partial charge in [-0.1, -0.05) is 6.92 Å². The largest absolute Gasteiger partial charge is 0.462 e. The smallest absolute Gasteiger partial charge is 0.338 e. The van der Waals surface area contributed by atoms with E-state index in [1.165, 1.54) is 55.1 Å². The molecule has 2 unspecified atom stereocenters. The zero-order chi connectivity index (χ0) is 19.5. The van der Waals surface area contributed by atoms with Crippen LogP contribution in [0.1, 0.15) is 74.3 Å². The molecule has 1 aromatic carbocycles. The summed E-state index contributed by atoms with van der Waals surface area (Å²) in [4.78, 5) is 12.1. The van der Waals surface area contributed by atoms with Crippen molar-refractivity contribution in [3.8, 4) is 0 Å². The topological polar surface area (TPSA) is 40.5 Å². The fraction of sp³-hybridized carbons (Fsp3) is 0.625. The lowest BCUT2D eigenvalue weighted by atomic mass is 9.84. The molecule has 28 heavy (non-hydrogen) atoms. The highest BCUT2D eigenvalue weighted by Gasteiger charge is 2.28. The fourth-order valence-electron chi connectivity index (χ4n) is 4.66. The molecule has 0 radical (unpaired) electrons. The Labute approximate surface area is 168 Å². The maximum atomic E-state index is 12.1. The molecule has 0 bridgehead atoms. The van der Waals surface area contributed by atoms with Gasteiger partial charge in [-0.05, 0) is 87.5 Å². The Balaban J connectivity index is 1.56. The van der Waals surface area contributed by atoms with Crippen molar-refractivity contribution in [3.05, 3.63) is 35.5 Å². The Hall–Kier alpha value is -1.81. The third kappa shape index (κ3) is 4.27. The summed E-state index contributed by atoms with van der Waals surface area (Å²) in [7, 11) is 0. The molecule has 1 saturated carbocycles. The van der Waals surface area contributed by atoms with Crippen molar-refractivity contribution in [2.45, 2.75) is 64.8 Å². The van der Waals surface area contributed by atoms with Crippen LogP contribution < -0.4 is 0 Å². The van der Waals surface area contributed by atoms with Crippen LogP contribution in [0, 0.1) is 11.8 Å². The Morgan fingerprint density at radius 1 is 1.18 bits per heavy atom. The highest BCUT2D eigenvalue weighted by atomic mass is 16.5. The molecule has 1 aliphatic carbocycles. The molecule has 1 aromatic heterocycles. The minimum absolute atomic E-state index is 0.226. The second-order valence-electron chi connectivity index (χ2n) is 8.56. The van der Waals surface area contributed by atoms with Crippen molar-refractivity contribution in [2.75, 3.05) is 19.8 Å². The summed E-state index contributed by atoms with van der Waals surface area (Å²) in [5, 5.41) is 1.17. The summed E-state index contributed by atoms with van der Waals surface area (Å²) in [6, 6.07) is 8.35. The number of nitrogens with zero attached hydrogens (tertiary/aromatic N) is 1. The molecule has 2 aliphatic rings. The molecule has 4 rings (SSSR count). The van der Waals surface area contributed by atoms with E-state index in [4.69, 9.17) is 9.47 Å². The van der Waals surface area contributed by atoms with E-state index in [1.807, 2.05) is 19.1 Å². The number of aromatic nitrogens is 1. The number of hydrogen-bond acceptors (Lipinski definition) is 3. The van der Waals surface area contributed by atoms with Gasteiger partial charge in [0.15, 0.2) is 0 Å².